The fraction of sp³-hybridized carbons (Fsp3) is 0.714. The molecule has 1 aromatic heterocycles. The summed E-state index contributed by atoms with van der Waals surface area (Å²) in [5, 5.41) is 9.15. The van der Waals surface area contributed by atoms with Gasteiger partial charge in [0.2, 0.25) is 5.75 Å². The van der Waals surface area contributed by atoms with Crippen LogP contribution in [0.3, 0.4) is 0 Å². The van der Waals surface area contributed by atoms with E-state index in [-0.39, 0.29) is 36.4 Å². The molecule has 0 saturated heterocycles. The van der Waals surface area contributed by atoms with Crippen LogP contribution in [-0.4, -0.2) is 46.4 Å². The molecule has 30 heavy (non-hydrogen) atoms. The van der Waals surface area contributed by atoms with Crippen molar-refractivity contribution in [1.29, 1.82) is 0 Å². The smallest absolute Gasteiger partial charge is 0.361 e. The van der Waals surface area contributed by atoms with Crippen molar-refractivity contribution in [1.82, 2.24) is 9.55 Å². The highest BCUT2D eigenvalue weighted by Gasteiger charge is 2.41. The van der Waals surface area contributed by atoms with Crippen LogP contribution in [0.15, 0.2) is 4.79 Å². The van der Waals surface area contributed by atoms with E-state index in [4.69, 9.17) is 19.3 Å². The Morgan fingerprint density at radius 3 is 2.63 bits per heavy atom. The molecule has 0 saturated carbocycles. The molecule has 0 fully saturated rings. The average molecular weight is 424 g/mol. The minimum absolute atomic E-state index is 0.122. The number of hydrogen-bond donors (Lipinski definition) is 1. The second kappa shape index (κ2) is 10.6. The Hall–Kier alpha value is -2.42. The molecule has 0 aromatic carbocycles. The van der Waals surface area contributed by atoms with E-state index in [2.05, 4.69) is 4.98 Å². The van der Waals surface area contributed by atoms with Gasteiger partial charge < -0.3 is 19.3 Å². The number of aliphatic carboxylic acids is 1. The van der Waals surface area contributed by atoms with Crippen LogP contribution >= 0.6 is 0 Å². The number of carboxylic acids is 1. The summed E-state index contributed by atoms with van der Waals surface area (Å²) < 4.78 is 18.1. The van der Waals surface area contributed by atoms with Gasteiger partial charge in [-0.2, -0.15) is 0 Å². The Labute approximate surface area is 176 Å². The third kappa shape index (κ3) is 5.19. The number of carbonyl (C=O) groups is 2. The zero-order valence-electron chi connectivity index (χ0n) is 18.2. The molecule has 2 unspecified atom stereocenters. The molecule has 2 rings (SSSR count). The molecule has 2 heterocycles. The number of aromatic nitrogens is 2. The van der Waals surface area contributed by atoms with Crippen LogP contribution in [0, 0.1) is 5.92 Å². The summed E-state index contributed by atoms with van der Waals surface area (Å²) >= 11 is 0. The Kier molecular flexibility index (Phi) is 8.40. The van der Waals surface area contributed by atoms with Crippen molar-refractivity contribution in [2.75, 3.05) is 19.8 Å². The predicted molar refractivity (Wildman–Crippen MR) is 109 cm³/mol. The van der Waals surface area contributed by atoms with Gasteiger partial charge in [-0.15, -0.1) is 0 Å². The van der Waals surface area contributed by atoms with E-state index in [1.807, 2.05) is 20.8 Å². The van der Waals surface area contributed by atoms with Gasteiger partial charge in [-0.3, -0.25) is 9.36 Å². The maximum atomic E-state index is 13.4. The molecule has 1 aliphatic rings. The van der Waals surface area contributed by atoms with Crippen LogP contribution in [0.2, 0.25) is 0 Å². The van der Waals surface area contributed by atoms with E-state index in [9.17, 15) is 14.4 Å². The molecular weight excluding hydrogens is 392 g/mol. The fourth-order valence-corrected chi connectivity index (χ4v) is 3.61. The summed E-state index contributed by atoms with van der Waals surface area (Å²) in [4.78, 5) is 41.7. The summed E-state index contributed by atoms with van der Waals surface area (Å²) in [6.07, 6.45) is 3.20. The first-order chi connectivity index (χ1) is 14.3. The van der Waals surface area contributed by atoms with Gasteiger partial charge in [0.05, 0.1) is 13.2 Å². The SMILES string of the molecule is CCCCOc1c(C(=O)OCC)nc2n(c1=O)CC(C)CCC2(CC)OCC(=O)O. The number of hydrogen-bond acceptors (Lipinski definition) is 7. The Morgan fingerprint density at radius 1 is 1.30 bits per heavy atom. The number of carbonyl (C=O) groups excluding carboxylic acids is 1. The van der Waals surface area contributed by atoms with Gasteiger partial charge in [-0.25, -0.2) is 14.6 Å². The number of carboxylic acid groups (broad SMARTS) is 1. The molecule has 0 spiro atoms. The van der Waals surface area contributed by atoms with Gasteiger partial charge in [-0.1, -0.05) is 27.2 Å². The summed E-state index contributed by atoms with van der Waals surface area (Å²) in [5.41, 5.74) is -1.74. The molecule has 0 radical (unpaired) electrons. The normalized spacial score (nSPS) is 20.9. The minimum Gasteiger partial charge on any atom is -0.486 e. The first-order valence-corrected chi connectivity index (χ1v) is 10.6. The van der Waals surface area contributed by atoms with Crippen LogP contribution in [0.5, 0.6) is 5.75 Å². The molecular formula is C21H32N2O7. The van der Waals surface area contributed by atoms with Crippen molar-refractivity contribution < 1.29 is 28.9 Å². The van der Waals surface area contributed by atoms with Gasteiger partial charge in [0.25, 0.3) is 5.56 Å². The maximum Gasteiger partial charge on any atom is 0.361 e. The summed E-state index contributed by atoms with van der Waals surface area (Å²) in [6, 6.07) is 0. The number of nitrogens with zero attached hydrogens (tertiary/aromatic N) is 2. The monoisotopic (exact) mass is 424 g/mol. The van der Waals surface area contributed by atoms with Gasteiger partial charge >= 0.3 is 11.9 Å². The van der Waals surface area contributed by atoms with Crippen molar-refractivity contribution in [2.45, 2.75) is 71.9 Å². The number of fused-ring (bicyclic) bond motifs is 1. The average Bonchev–Trinajstić information content (AvgIpc) is 2.85. The molecule has 0 amide bonds. The molecule has 0 bridgehead atoms. The zero-order valence-corrected chi connectivity index (χ0v) is 18.2. The lowest BCUT2D eigenvalue weighted by molar-refractivity contribution is -0.152. The standard InChI is InChI=1S/C21H32N2O7/c1-5-8-11-29-17-16(19(27)28-7-3)22-20-21(6-2,30-13-15(24)25)10-9-14(4)12-23(20)18(17)26/h14H,5-13H2,1-4H3,(H,24,25). The van der Waals surface area contributed by atoms with Gasteiger partial charge in [0.1, 0.15) is 18.0 Å². The van der Waals surface area contributed by atoms with Gasteiger partial charge in [0, 0.05) is 6.54 Å². The lowest BCUT2D eigenvalue weighted by Gasteiger charge is -2.32. The van der Waals surface area contributed by atoms with Crippen LogP contribution < -0.4 is 10.3 Å². The first kappa shape index (κ1) is 23.9. The summed E-state index contributed by atoms with van der Waals surface area (Å²) in [6.45, 7) is 7.78. The quantitative estimate of drug-likeness (QED) is 0.450. The van der Waals surface area contributed by atoms with E-state index >= 15 is 0 Å². The van der Waals surface area contributed by atoms with Crippen molar-refractivity contribution in [2.24, 2.45) is 5.92 Å². The van der Waals surface area contributed by atoms with Crippen LogP contribution in [0.25, 0.3) is 0 Å². The van der Waals surface area contributed by atoms with Gasteiger partial charge in [-0.05, 0) is 38.5 Å². The zero-order chi connectivity index (χ0) is 22.3. The van der Waals surface area contributed by atoms with Crippen molar-refractivity contribution >= 4 is 11.9 Å². The molecule has 0 aliphatic carbocycles. The first-order valence-electron chi connectivity index (χ1n) is 10.6. The van der Waals surface area contributed by atoms with Crippen molar-refractivity contribution in [3.05, 3.63) is 21.9 Å². The van der Waals surface area contributed by atoms with Crippen LogP contribution in [0.1, 0.15) is 76.1 Å². The van der Waals surface area contributed by atoms with E-state index in [1.54, 1.807) is 6.92 Å². The van der Waals surface area contributed by atoms with E-state index in [0.29, 0.717) is 19.4 Å². The fourth-order valence-electron chi connectivity index (χ4n) is 3.61. The molecule has 1 aliphatic heterocycles. The maximum absolute atomic E-state index is 13.4. The number of unbranched alkanes of at least 4 members (excludes halogenated alkanes) is 1. The Bertz CT molecular complexity index is 820. The Morgan fingerprint density at radius 2 is 2.03 bits per heavy atom. The second-order valence-corrected chi connectivity index (χ2v) is 7.63. The van der Waals surface area contributed by atoms with Crippen molar-refractivity contribution in [3.63, 3.8) is 0 Å². The topological polar surface area (TPSA) is 117 Å². The highest BCUT2D eigenvalue weighted by Crippen LogP contribution is 2.38. The summed E-state index contributed by atoms with van der Waals surface area (Å²) in [5.74, 6) is -1.58. The van der Waals surface area contributed by atoms with Crippen LogP contribution in [-0.2, 0) is 26.4 Å². The molecule has 9 heteroatoms. The highest BCUT2D eigenvalue weighted by molar-refractivity contribution is 5.90. The lowest BCUT2D eigenvalue weighted by atomic mass is 9.91. The Balaban J connectivity index is 2.70. The van der Waals surface area contributed by atoms with E-state index < -0.39 is 29.7 Å². The second-order valence-electron chi connectivity index (χ2n) is 7.63. The van der Waals surface area contributed by atoms with E-state index in [1.165, 1.54) is 4.57 Å². The van der Waals surface area contributed by atoms with Crippen molar-refractivity contribution in [3.8, 4) is 5.75 Å². The predicted octanol–water partition coefficient (Wildman–Crippen LogP) is 2.74. The third-order valence-electron chi connectivity index (χ3n) is 5.33. The van der Waals surface area contributed by atoms with Crippen LogP contribution in [0.4, 0.5) is 0 Å². The lowest BCUT2D eigenvalue weighted by Crippen LogP contribution is -2.40. The highest BCUT2D eigenvalue weighted by atomic mass is 16.5. The van der Waals surface area contributed by atoms with E-state index in [0.717, 1.165) is 19.3 Å². The number of ether oxygens (including phenoxy) is 3. The van der Waals surface area contributed by atoms with Gasteiger partial charge in [0.15, 0.2) is 5.69 Å². The molecule has 2 atom stereocenters. The number of rotatable bonds is 10. The largest absolute Gasteiger partial charge is 0.486 e. The number of esters is 1. The minimum atomic E-state index is -1.11. The molecule has 9 nitrogen and oxygen atoms in total. The molecule has 1 aromatic rings. The molecule has 1 N–H and O–H groups in total. The summed E-state index contributed by atoms with van der Waals surface area (Å²) in [7, 11) is 0. The molecule has 168 valence electrons. The third-order valence-corrected chi connectivity index (χ3v) is 5.33.